The van der Waals surface area contributed by atoms with Crippen LogP contribution in [-0.2, 0) is 13.1 Å². The van der Waals surface area contributed by atoms with Gasteiger partial charge in [-0.25, -0.2) is 14.6 Å². The third kappa shape index (κ3) is 5.51. The van der Waals surface area contributed by atoms with Gasteiger partial charge in [0.05, 0.1) is 17.9 Å². The second-order valence-electron chi connectivity index (χ2n) is 6.39. The van der Waals surface area contributed by atoms with Crippen molar-refractivity contribution < 1.29 is 0 Å². The minimum Gasteiger partial charge on any atom is -0.352 e. The van der Waals surface area contributed by atoms with Crippen molar-refractivity contribution in [3.05, 3.63) is 56.9 Å². The van der Waals surface area contributed by atoms with Crippen molar-refractivity contribution in [2.45, 2.75) is 40.8 Å². The summed E-state index contributed by atoms with van der Waals surface area (Å²) in [5.41, 5.74) is 4.22. The van der Waals surface area contributed by atoms with Crippen LogP contribution in [0.25, 0.3) is 5.82 Å². The SMILES string of the molecule is CN=C(NCc1ccc(-n2nc(C)cc2C)nc1)NCc1nc(C)c(C)s1.I. The topological polar surface area (TPSA) is 80.0 Å². The third-order valence-electron chi connectivity index (χ3n) is 4.20. The van der Waals surface area contributed by atoms with Gasteiger partial charge < -0.3 is 10.6 Å². The number of aliphatic imine (C=N–C) groups is 1. The van der Waals surface area contributed by atoms with Gasteiger partial charge in [-0.05, 0) is 45.4 Å². The number of rotatable bonds is 5. The van der Waals surface area contributed by atoms with Gasteiger partial charge >= 0.3 is 0 Å². The quantitative estimate of drug-likeness (QED) is 0.312. The summed E-state index contributed by atoms with van der Waals surface area (Å²) in [5, 5.41) is 12.1. The van der Waals surface area contributed by atoms with Gasteiger partial charge in [-0.15, -0.1) is 35.3 Å². The number of pyridine rings is 1. The van der Waals surface area contributed by atoms with Crippen molar-refractivity contribution >= 4 is 41.3 Å². The molecule has 3 aromatic rings. The number of nitrogens with zero attached hydrogens (tertiary/aromatic N) is 5. The summed E-state index contributed by atoms with van der Waals surface area (Å²) < 4.78 is 1.85. The van der Waals surface area contributed by atoms with Crippen molar-refractivity contribution in [1.29, 1.82) is 0 Å². The van der Waals surface area contributed by atoms with Crippen LogP contribution < -0.4 is 10.6 Å². The molecule has 28 heavy (non-hydrogen) atoms. The number of thiazole rings is 1. The van der Waals surface area contributed by atoms with Crippen molar-refractivity contribution in [1.82, 2.24) is 30.4 Å². The lowest BCUT2D eigenvalue weighted by Crippen LogP contribution is -2.36. The van der Waals surface area contributed by atoms with Gasteiger partial charge in [-0.2, -0.15) is 5.10 Å². The monoisotopic (exact) mass is 511 g/mol. The Kier molecular flexibility index (Phi) is 7.93. The molecule has 7 nitrogen and oxygen atoms in total. The molecular weight excluding hydrogens is 485 g/mol. The predicted molar refractivity (Wildman–Crippen MR) is 125 cm³/mol. The molecule has 0 spiro atoms. The van der Waals surface area contributed by atoms with Gasteiger partial charge in [-0.1, -0.05) is 6.07 Å². The summed E-state index contributed by atoms with van der Waals surface area (Å²) in [6.45, 7) is 9.43. The fourth-order valence-electron chi connectivity index (χ4n) is 2.69. The molecule has 3 aromatic heterocycles. The Bertz CT molecular complexity index is 924. The van der Waals surface area contributed by atoms with E-state index >= 15 is 0 Å². The van der Waals surface area contributed by atoms with E-state index in [9.17, 15) is 0 Å². The molecule has 0 saturated carbocycles. The van der Waals surface area contributed by atoms with Crippen molar-refractivity contribution in [2.75, 3.05) is 7.05 Å². The number of aryl methyl sites for hydroxylation is 4. The third-order valence-corrected chi connectivity index (χ3v) is 5.27. The number of hydrogen-bond acceptors (Lipinski definition) is 5. The van der Waals surface area contributed by atoms with E-state index in [1.807, 2.05) is 49.8 Å². The Balaban J connectivity index is 0.00000280. The Hall–Kier alpha value is -2.01. The van der Waals surface area contributed by atoms with Crippen molar-refractivity contribution in [3.8, 4) is 5.82 Å². The Morgan fingerprint density at radius 3 is 2.43 bits per heavy atom. The fraction of sp³-hybridized carbons (Fsp3) is 0.368. The second-order valence-corrected chi connectivity index (χ2v) is 7.68. The Morgan fingerprint density at radius 2 is 1.89 bits per heavy atom. The van der Waals surface area contributed by atoms with Crippen LogP contribution in [0.5, 0.6) is 0 Å². The zero-order valence-electron chi connectivity index (χ0n) is 16.8. The predicted octanol–water partition coefficient (Wildman–Crippen LogP) is 3.44. The number of hydrogen-bond donors (Lipinski definition) is 2. The van der Waals surface area contributed by atoms with E-state index in [2.05, 4.69) is 37.6 Å². The largest absolute Gasteiger partial charge is 0.352 e. The Morgan fingerprint density at radius 1 is 1.14 bits per heavy atom. The minimum atomic E-state index is 0. The van der Waals surface area contributed by atoms with Crippen molar-refractivity contribution in [3.63, 3.8) is 0 Å². The molecule has 9 heteroatoms. The summed E-state index contributed by atoms with van der Waals surface area (Å²) >= 11 is 1.71. The minimum absolute atomic E-state index is 0. The molecule has 0 aliphatic rings. The van der Waals surface area contributed by atoms with Crippen LogP contribution in [0.4, 0.5) is 0 Å². The molecule has 3 heterocycles. The average molecular weight is 511 g/mol. The first-order valence-corrected chi connectivity index (χ1v) is 9.64. The van der Waals surface area contributed by atoms with Crippen LogP contribution in [0.1, 0.15) is 32.5 Å². The first-order chi connectivity index (χ1) is 13.0. The first kappa shape index (κ1) is 22.3. The molecular formula is C19H26IN7S. The molecule has 0 saturated heterocycles. The first-order valence-electron chi connectivity index (χ1n) is 8.82. The average Bonchev–Trinajstić information content (AvgIpc) is 3.16. The highest BCUT2D eigenvalue weighted by Gasteiger charge is 2.07. The van der Waals surface area contributed by atoms with Gasteiger partial charge in [0.2, 0.25) is 0 Å². The number of guanidine groups is 1. The molecule has 0 atom stereocenters. The molecule has 150 valence electrons. The van der Waals surface area contributed by atoms with Gasteiger partial charge in [0.25, 0.3) is 0 Å². The zero-order valence-corrected chi connectivity index (χ0v) is 19.9. The highest BCUT2D eigenvalue weighted by Crippen LogP contribution is 2.16. The van der Waals surface area contributed by atoms with Crippen LogP contribution in [0.15, 0.2) is 29.4 Å². The van der Waals surface area contributed by atoms with E-state index in [0.717, 1.165) is 39.4 Å². The van der Waals surface area contributed by atoms with Crippen LogP contribution in [0.2, 0.25) is 0 Å². The molecule has 0 fully saturated rings. The number of halogens is 1. The normalized spacial score (nSPS) is 11.2. The van der Waals surface area contributed by atoms with Crippen LogP contribution in [0.3, 0.4) is 0 Å². The van der Waals surface area contributed by atoms with E-state index in [-0.39, 0.29) is 24.0 Å². The molecule has 3 rings (SSSR count). The van der Waals surface area contributed by atoms with Gasteiger partial charge in [0, 0.05) is 30.4 Å². The summed E-state index contributed by atoms with van der Waals surface area (Å²) in [5.74, 6) is 1.56. The van der Waals surface area contributed by atoms with Crippen LogP contribution in [0, 0.1) is 27.7 Å². The van der Waals surface area contributed by atoms with Gasteiger partial charge in [0.1, 0.15) is 5.01 Å². The fourth-order valence-corrected chi connectivity index (χ4v) is 3.56. The van der Waals surface area contributed by atoms with E-state index in [1.54, 1.807) is 18.4 Å². The highest BCUT2D eigenvalue weighted by atomic mass is 127. The van der Waals surface area contributed by atoms with Crippen molar-refractivity contribution in [2.24, 2.45) is 4.99 Å². The smallest absolute Gasteiger partial charge is 0.191 e. The summed E-state index contributed by atoms with van der Waals surface area (Å²) in [7, 11) is 1.76. The van der Waals surface area contributed by atoms with Crippen LogP contribution >= 0.6 is 35.3 Å². The number of nitrogens with one attached hydrogen (secondary N) is 2. The maximum atomic E-state index is 4.54. The standard InChI is InChI=1S/C19H25N7S.HI/c1-12-8-13(2)26(25-12)17-7-6-16(9-21-17)10-22-19(20-5)23-11-18-24-14(3)15(4)27-18;/h6-9H,10-11H2,1-5H3,(H2,20,22,23);1H. The van der Waals surface area contributed by atoms with Gasteiger partial charge in [-0.3, -0.25) is 4.99 Å². The molecule has 0 aliphatic carbocycles. The molecule has 0 radical (unpaired) electrons. The molecule has 0 amide bonds. The van der Waals surface area contributed by atoms with Crippen LogP contribution in [-0.4, -0.2) is 32.8 Å². The Labute approximate surface area is 186 Å². The van der Waals surface area contributed by atoms with E-state index in [4.69, 9.17) is 0 Å². The summed E-state index contributed by atoms with van der Waals surface area (Å²) in [4.78, 5) is 14.6. The zero-order chi connectivity index (χ0) is 19.4. The lowest BCUT2D eigenvalue weighted by Gasteiger charge is -2.11. The molecule has 0 aromatic carbocycles. The molecule has 0 bridgehead atoms. The van der Waals surface area contributed by atoms with Gasteiger partial charge in [0.15, 0.2) is 11.8 Å². The molecule has 0 unspecified atom stereocenters. The lowest BCUT2D eigenvalue weighted by molar-refractivity contribution is 0.788. The lowest BCUT2D eigenvalue weighted by atomic mass is 10.3. The summed E-state index contributed by atoms with van der Waals surface area (Å²) in [6, 6.07) is 6.07. The highest BCUT2D eigenvalue weighted by molar-refractivity contribution is 14.0. The second kappa shape index (κ2) is 9.97. The molecule has 0 aliphatic heterocycles. The van der Waals surface area contributed by atoms with E-state index in [0.29, 0.717) is 13.1 Å². The maximum Gasteiger partial charge on any atom is 0.191 e. The molecule has 2 N–H and O–H groups in total. The van der Waals surface area contributed by atoms with E-state index in [1.165, 1.54) is 4.88 Å². The maximum absolute atomic E-state index is 4.54. The van der Waals surface area contributed by atoms with E-state index < -0.39 is 0 Å². The number of aromatic nitrogens is 4. The summed E-state index contributed by atoms with van der Waals surface area (Å²) in [6.07, 6.45) is 1.86.